The minimum Gasteiger partial charge on any atom is -0.870 e. The molecular weight excluding hydrogens is 1750 g/mol. The summed E-state index contributed by atoms with van der Waals surface area (Å²) < 4.78 is 35.2. The molecule has 0 saturated carbocycles. The van der Waals surface area contributed by atoms with Gasteiger partial charge in [-0.25, -0.2) is 0 Å². The van der Waals surface area contributed by atoms with Crippen LogP contribution in [-0.2, 0) is 66.8 Å². The third-order valence-corrected chi connectivity index (χ3v) is 28.0. The number of fused-ring (bicyclic) bond motifs is 4. The van der Waals surface area contributed by atoms with Crippen molar-refractivity contribution >= 4 is 71.7 Å². The molecule has 2 saturated heterocycles. The fraction of sp³-hybridized carbons (Fsp3) is 0.755. The molecule has 10 aliphatic rings. The van der Waals surface area contributed by atoms with Gasteiger partial charge in [0.15, 0.2) is 0 Å². The van der Waals surface area contributed by atoms with Crippen molar-refractivity contribution in [3.05, 3.63) is 95.2 Å². The summed E-state index contributed by atoms with van der Waals surface area (Å²) in [6.07, 6.45) is 33.0. The number of halogens is 1. The van der Waals surface area contributed by atoms with Gasteiger partial charge in [-0.15, -0.1) is 24.0 Å². The number of carbonyl (C=O) groups excluding carboxylic acids is 7. The largest absolute Gasteiger partial charge is 1.00 e. The van der Waals surface area contributed by atoms with Crippen LogP contribution >= 0.6 is 24.0 Å². The van der Waals surface area contributed by atoms with Gasteiger partial charge in [-0.1, -0.05) is 170 Å². The molecule has 124 heavy (non-hydrogen) atoms. The molecule has 30 atom stereocenters. The molecule has 0 radical (unpaired) electrons. The van der Waals surface area contributed by atoms with Crippen LogP contribution in [0.4, 0.5) is 0 Å². The molecule has 26 heteroatoms. The van der Waals surface area contributed by atoms with Crippen LogP contribution in [0.5, 0.6) is 0 Å². The molecular formula is C98H153IK2O23. The van der Waals surface area contributed by atoms with Gasteiger partial charge in [-0.3, -0.25) is 33.6 Å². The van der Waals surface area contributed by atoms with Crippen LogP contribution in [0.15, 0.2) is 95.2 Å². The number of hydrogen-bond donors (Lipinski definition) is 7. The van der Waals surface area contributed by atoms with E-state index in [1.54, 1.807) is 0 Å². The van der Waals surface area contributed by atoms with Crippen molar-refractivity contribution in [3.63, 3.8) is 0 Å². The second-order valence-corrected chi connectivity index (χ2v) is 39.1. The number of carboxylic acids is 2. The predicted octanol–water partition coefficient (Wildman–Crippen LogP) is 9.72. The maximum absolute atomic E-state index is 12.9. The summed E-state index contributed by atoms with van der Waals surface area (Å²) in [7, 11) is 0. The number of ether oxygens (including phenoxy) is 6. The standard InChI is InChI=1S/C25H40O6.C25H38O5.C24H38O6.C24H36O5.HI.2K.H2O/c1-6-25(4,5)24(30)31-21-12-15(2)11-17-8-7-16(3)20(23(17)21)10-9-18(26)13-19(27)14-22(28)29;1-6-25(4,5)24(28)30-21-12-15(2)11-17-8-7-16(3)20(23(17)21)10-9-19-13-18(26)14-22(27)29-19;1-5-15(3)24(29)30-21-11-14(2)10-17-7-6-16(4)20(23(17)21)9-8-18(25)12-19(26)13-22(27)28;1-5-15(3)24(27)29-21-11-14(2)10-17-7-6-16(4)20(23(17)21)9-8-19-12-18(25)13-22(26)28-19;;;;/h7-8,11,15-16,18-21,23,26-27H,6,9-10,12-14H2,1-5H3,(H,28,29);7-8,11,15-16,18-21,23,26H,6,9-10,12-14H2,1-5H3;6-7,10,14-16,18-21,23,25-26H,5,8-9,11-13H2,1-4H3,(H,27,28);6-7,10,14-16,18-21,23,25H,5,8-9,11-13H2,1-4H3;1H;;;1H2/q;;;;;2*+1;/p-2/t2*15-,16-,18+,19+,20-,21-,23-;2*14-,15-,16-,18+,19+,20-,21-,23-;;;;/m0000..../s1. The SMILES string of the molecule is CCC(C)(C)C(=O)O[C@H]1C[C@@H](C)C=C2C=C[C@H](C)[C@H](CC[C@@H](O)C[C@@H](O)CC(=O)O)[C@H]21.CCC(C)(C)C(=O)O[C@H]1C[C@@H](C)C=C2C=C[C@H](C)[C@H](CC[C@@H]3C[C@@H](O)CC(=O)O3)[C@H]21.CC[C@H](C)C(=O)O[C@H]1C[C@@H](C)C=C2C=C[C@H](C)[C@H](CC[C@@H](O)C[C@@H](O)CC(=O)[O-])[C@H]21.CC[C@H](C)C(=O)O[C@H]1C[C@@H](C)C=C2C=C[C@H](C)[C@H](CC[C@@H]3C[C@@H](O)CC(=O)O3)[C@H]21.I.[K+].[K+].[OH-]. The smallest absolute Gasteiger partial charge is 0.870 e. The fourth-order valence-corrected chi connectivity index (χ4v) is 19.7. The zero-order valence-electron chi connectivity index (χ0n) is 78.3. The Hall–Kier alpha value is -2.60. The van der Waals surface area contributed by atoms with E-state index in [4.69, 9.17) is 33.5 Å². The van der Waals surface area contributed by atoms with Crippen molar-refractivity contribution in [1.29, 1.82) is 0 Å². The molecule has 8 aliphatic carbocycles. The van der Waals surface area contributed by atoms with E-state index in [1.807, 2.05) is 69.2 Å². The summed E-state index contributed by atoms with van der Waals surface area (Å²) in [5, 5.41) is 79.5. The maximum atomic E-state index is 12.9. The van der Waals surface area contributed by atoms with Crippen LogP contribution in [0.2, 0.25) is 0 Å². The zero-order chi connectivity index (χ0) is 88.9. The van der Waals surface area contributed by atoms with E-state index >= 15 is 0 Å². The van der Waals surface area contributed by atoms with Gasteiger partial charge in [0.05, 0.1) is 78.6 Å². The monoisotopic (exact) mass is 1900 g/mol. The molecule has 2 aliphatic heterocycles. The van der Waals surface area contributed by atoms with Gasteiger partial charge in [0.1, 0.15) is 36.6 Å². The summed E-state index contributed by atoms with van der Waals surface area (Å²) in [5.74, 6) is 0.479. The number of esters is 6. The van der Waals surface area contributed by atoms with Crippen molar-refractivity contribution in [3.8, 4) is 0 Å². The van der Waals surface area contributed by atoms with Gasteiger partial charge in [0.2, 0.25) is 0 Å². The van der Waals surface area contributed by atoms with Crippen molar-refractivity contribution < 1.29 is 216 Å². The molecule has 0 unspecified atom stereocenters. The van der Waals surface area contributed by atoms with E-state index in [2.05, 4.69) is 128 Å². The molecule has 23 nitrogen and oxygen atoms in total. The number of carboxylic acid groups (broad SMARTS) is 2. The van der Waals surface area contributed by atoms with Gasteiger partial charge in [0, 0.05) is 48.9 Å². The Morgan fingerprint density at radius 3 is 1.00 bits per heavy atom. The molecule has 8 N–H and O–H groups in total. The van der Waals surface area contributed by atoms with E-state index in [9.17, 15) is 74.1 Å². The summed E-state index contributed by atoms with van der Waals surface area (Å²) in [6.45, 7) is 36.9. The van der Waals surface area contributed by atoms with Gasteiger partial charge in [0.25, 0.3) is 0 Å². The van der Waals surface area contributed by atoms with Crippen LogP contribution in [0.3, 0.4) is 0 Å². The summed E-state index contributed by atoms with van der Waals surface area (Å²) in [5.41, 5.74) is 3.94. The average molecular weight is 1900 g/mol. The average Bonchev–Trinajstić information content (AvgIpc) is 0.792. The first kappa shape index (κ1) is 116. The van der Waals surface area contributed by atoms with Gasteiger partial charge < -0.3 is 79.5 Å². The number of allylic oxidation sites excluding steroid dienone is 12. The predicted molar refractivity (Wildman–Crippen MR) is 475 cm³/mol. The van der Waals surface area contributed by atoms with Crippen LogP contribution in [-0.4, -0.2) is 162 Å². The molecule has 0 spiro atoms. The molecule has 0 bridgehead atoms. The van der Waals surface area contributed by atoms with Crippen molar-refractivity contribution in [1.82, 2.24) is 0 Å². The summed E-state index contributed by atoms with van der Waals surface area (Å²) in [4.78, 5) is 95.5. The molecule has 10 rings (SSSR count). The minimum absolute atomic E-state index is 0. The second-order valence-electron chi connectivity index (χ2n) is 39.1. The Balaban J connectivity index is 0.000000422. The Kier molecular flexibility index (Phi) is 50.8. The van der Waals surface area contributed by atoms with Gasteiger partial charge in [-0.05, 0) is 237 Å². The number of aliphatic carboxylic acids is 2. The van der Waals surface area contributed by atoms with Gasteiger partial charge in [-0.2, -0.15) is 0 Å². The van der Waals surface area contributed by atoms with Crippen molar-refractivity contribution in [2.24, 2.45) is 117 Å². The number of carbonyl (C=O) groups is 8. The number of aliphatic hydroxyl groups is 6. The molecule has 692 valence electrons. The topological polar surface area (TPSA) is 387 Å². The van der Waals surface area contributed by atoms with Crippen molar-refractivity contribution in [2.45, 2.75) is 352 Å². The molecule has 0 aromatic rings. The van der Waals surface area contributed by atoms with E-state index in [1.165, 1.54) is 22.3 Å². The third kappa shape index (κ3) is 34.8. The van der Waals surface area contributed by atoms with Crippen LogP contribution in [0.1, 0.15) is 279 Å². The molecule has 2 fully saturated rings. The zero-order valence-corrected chi connectivity index (χ0v) is 86.9. The summed E-state index contributed by atoms with van der Waals surface area (Å²) in [6, 6.07) is 0. The molecule has 0 aromatic carbocycles. The van der Waals surface area contributed by atoms with Crippen LogP contribution in [0.25, 0.3) is 0 Å². The number of rotatable bonds is 32. The van der Waals surface area contributed by atoms with E-state index in [0.29, 0.717) is 92.3 Å². The fourth-order valence-electron chi connectivity index (χ4n) is 19.7. The number of hydrogen-bond acceptors (Lipinski definition) is 22. The Morgan fingerprint density at radius 1 is 0.452 bits per heavy atom. The van der Waals surface area contributed by atoms with E-state index < -0.39 is 65.8 Å². The number of aliphatic hydroxyl groups excluding tert-OH is 6. The Labute approximate surface area is 842 Å². The molecule has 0 aromatic heterocycles. The van der Waals surface area contributed by atoms with Gasteiger partial charge >= 0.3 is 145 Å². The second kappa shape index (κ2) is 54.5. The summed E-state index contributed by atoms with van der Waals surface area (Å²) >= 11 is 0. The van der Waals surface area contributed by atoms with Crippen LogP contribution in [0, 0.1) is 117 Å². The Bertz CT molecular complexity index is 3670. The van der Waals surface area contributed by atoms with Crippen molar-refractivity contribution in [2.75, 3.05) is 0 Å². The molecule has 0 amide bonds. The van der Waals surface area contributed by atoms with E-state index in [-0.39, 0.29) is 296 Å². The third-order valence-electron chi connectivity index (χ3n) is 28.0. The first-order valence-electron chi connectivity index (χ1n) is 45.8. The first-order chi connectivity index (χ1) is 56.4. The minimum atomic E-state index is -1.32. The molecule has 2 heterocycles. The first-order valence-corrected chi connectivity index (χ1v) is 45.8. The van der Waals surface area contributed by atoms with E-state index in [0.717, 1.165) is 70.6 Å². The van der Waals surface area contributed by atoms with Crippen LogP contribution < -0.4 is 108 Å². The normalized spacial score (nSPS) is 32.8. The Morgan fingerprint density at radius 2 is 0.734 bits per heavy atom. The quantitative estimate of drug-likeness (QED) is 0.0142. The number of cyclic esters (lactones) is 2. The maximum Gasteiger partial charge on any atom is 1.00 e.